The third-order valence-electron chi connectivity index (χ3n) is 6.30. The quantitative estimate of drug-likeness (QED) is 0.237. The predicted octanol–water partition coefficient (Wildman–Crippen LogP) is 5.91. The maximum absolute atomic E-state index is 13.6. The molecule has 2 N–H and O–H groups in total. The summed E-state index contributed by atoms with van der Waals surface area (Å²) in [5.41, 5.74) is 1.72. The van der Waals surface area contributed by atoms with Crippen LogP contribution in [-0.2, 0) is 9.53 Å². The van der Waals surface area contributed by atoms with E-state index >= 15 is 0 Å². The Kier molecular flexibility index (Phi) is 8.91. The van der Waals surface area contributed by atoms with Crippen molar-refractivity contribution in [2.45, 2.75) is 44.9 Å². The number of aromatic nitrogens is 2. The van der Waals surface area contributed by atoms with Gasteiger partial charge in [-0.2, -0.15) is 0 Å². The van der Waals surface area contributed by atoms with E-state index in [9.17, 15) is 9.18 Å². The largest absolute Gasteiger partial charge is 0.488 e. The van der Waals surface area contributed by atoms with Gasteiger partial charge in [0.25, 0.3) is 0 Å². The van der Waals surface area contributed by atoms with Crippen LogP contribution in [0.15, 0.2) is 48.8 Å². The fraction of sp³-hybridized carbons (Fsp3) is 0.370. The zero-order valence-electron chi connectivity index (χ0n) is 21.1. The molecule has 8 nitrogen and oxygen atoms in total. The fourth-order valence-corrected chi connectivity index (χ4v) is 4.21. The highest BCUT2D eigenvalue weighted by molar-refractivity contribution is 6.31. The number of methoxy groups -OCH3 is 1. The number of carbonyl (C=O) groups excluding carboxylic acids is 1. The third kappa shape index (κ3) is 6.74. The van der Waals surface area contributed by atoms with Gasteiger partial charge < -0.3 is 20.1 Å². The summed E-state index contributed by atoms with van der Waals surface area (Å²) >= 11 is 5.94. The van der Waals surface area contributed by atoms with Crippen molar-refractivity contribution < 1.29 is 18.7 Å². The molecule has 0 aliphatic heterocycles. The molecule has 196 valence electrons. The van der Waals surface area contributed by atoms with E-state index < -0.39 is 5.82 Å². The van der Waals surface area contributed by atoms with Crippen molar-refractivity contribution in [1.29, 1.82) is 0 Å². The highest BCUT2D eigenvalue weighted by atomic mass is 35.5. The number of rotatable bonds is 11. The van der Waals surface area contributed by atoms with Crippen molar-refractivity contribution in [1.82, 2.24) is 14.9 Å². The van der Waals surface area contributed by atoms with E-state index in [0.717, 1.165) is 25.7 Å². The maximum Gasteiger partial charge on any atom is 0.248 e. The van der Waals surface area contributed by atoms with Crippen molar-refractivity contribution in [3.05, 3.63) is 59.7 Å². The highest BCUT2D eigenvalue weighted by Gasteiger charge is 2.22. The van der Waals surface area contributed by atoms with Crippen LogP contribution >= 0.6 is 11.6 Å². The van der Waals surface area contributed by atoms with E-state index in [2.05, 4.69) is 20.6 Å². The number of anilines is 3. The summed E-state index contributed by atoms with van der Waals surface area (Å²) in [6.45, 7) is 2.60. The van der Waals surface area contributed by atoms with Gasteiger partial charge in [-0.05, 0) is 57.0 Å². The standard InChI is InChI=1S/C27H31ClFN5O3/c1-4-26(36-3)34(2)12-6-9-25(35)33-23-14-19-22(15-24(23)37-18-7-5-8-18)30-16-31-27(19)32-17-10-11-21(29)20(28)13-17/h6,9-11,13-16,18,26H,4-5,7-8,12H2,1-3H3,(H,33,35)(H,30,31,32). The summed E-state index contributed by atoms with van der Waals surface area (Å²) in [7, 11) is 3.61. The minimum absolute atomic E-state index is 0.000637. The molecule has 37 heavy (non-hydrogen) atoms. The number of nitrogens with one attached hydrogen (secondary N) is 2. The lowest BCUT2D eigenvalue weighted by atomic mass is 9.96. The molecule has 1 aliphatic rings. The topological polar surface area (TPSA) is 88.6 Å². The van der Waals surface area contributed by atoms with Gasteiger partial charge in [-0.3, -0.25) is 9.69 Å². The molecule has 1 aliphatic carbocycles. The average molecular weight is 528 g/mol. The van der Waals surface area contributed by atoms with Gasteiger partial charge in [0.2, 0.25) is 5.91 Å². The summed E-state index contributed by atoms with van der Waals surface area (Å²) in [4.78, 5) is 23.6. The van der Waals surface area contributed by atoms with Crippen LogP contribution in [0.3, 0.4) is 0 Å². The molecule has 1 aromatic heterocycles. The van der Waals surface area contributed by atoms with E-state index in [0.29, 0.717) is 40.4 Å². The Hall–Kier alpha value is -3.27. The Bertz CT molecular complexity index is 1280. The molecule has 0 saturated heterocycles. The number of amides is 1. The second-order valence-corrected chi connectivity index (χ2v) is 9.35. The van der Waals surface area contributed by atoms with E-state index in [1.807, 2.05) is 18.9 Å². The lowest BCUT2D eigenvalue weighted by Gasteiger charge is -2.27. The lowest BCUT2D eigenvalue weighted by molar-refractivity contribution is -0.112. The molecule has 1 amide bonds. The first kappa shape index (κ1) is 26.8. The number of carbonyl (C=O) groups is 1. The van der Waals surface area contributed by atoms with E-state index in [4.69, 9.17) is 21.1 Å². The van der Waals surface area contributed by atoms with Crippen LogP contribution in [0.1, 0.15) is 32.6 Å². The molecule has 0 spiro atoms. The zero-order valence-corrected chi connectivity index (χ0v) is 21.9. The van der Waals surface area contributed by atoms with Crippen LogP contribution < -0.4 is 15.4 Å². The van der Waals surface area contributed by atoms with Gasteiger partial charge in [0.05, 0.1) is 22.3 Å². The van der Waals surface area contributed by atoms with E-state index in [1.54, 1.807) is 31.4 Å². The monoisotopic (exact) mass is 527 g/mol. The van der Waals surface area contributed by atoms with Crippen LogP contribution in [0.5, 0.6) is 5.75 Å². The van der Waals surface area contributed by atoms with Gasteiger partial charge in [0.15, 0.2) is 0 Å². The van der Waals surface area contributed by atoms with Crippen molar-refractivity contribution >= 4 is 45.6 Å². The maximum atomic E-state index is 13.6. The predicted molar refractivity (Wildman–Crippen MR) is 144 cm³/mol. The van der Waals surface area contributed by atoms with Gasteiger partial charge in [0.1, 0.15) is 29.9 Å². The fourth-order valence-electron chi connectivity index (χ4n) is 4.03. The number of halogens is 2. The SMILES string of the molecule is CCC(OC)N(C)CC=CC(=O)Nc1cc2c(Nc3ccc(F)c(Cl)c3)ncnc2cc1OC1CCC1. The first-order valence-electron chi connectivity index (χ1n) is 12.3. The number of likely N-dealkylation sites (N-methyl/N-ethyl adjacent to an activating group) is 1. The van der Waals surface area contributed by atoms with Crippen LogP contribution in [-0.4, -0.2) is 53.8 Å². The Morgan fingerprint density at radius 2 is 2.11 bits per heavy atom. The third-order valence-corrected chi connectivity index (χ3v) is 6.59. The normalized spacial score (nSPS) is 14.6. The summed E-state index contributed by atoms with van der Waals surface area (Å²) in [5.74, 6) is 0.249. The molecule has 10 heteroatoms. The molecule has 3 aromatic rings. The molecular weight excluding hydrogens is 497 g/mol. The molecule has 2 aromatic carbocycles. The summed E-state index contributed by atoms with van der Waals surface area (Å²) in [6, 6.07) is 7.92. The van der Waals surface area contributed by atoms with Crippen LogP contribution in [0, 0.1) is 5.82 Å². The van der Waals surface area contributed by atoms with E-state index in [1.165, 1.54) is 24.5 Å². The number of benzene rings is 2. The summed E-state index contributed by atoms with van der Waals surface area (Å²) < 4.78 is 25.2. The first-order valence-corrected chi connectivity index (χ1v) is 12.6. The Balaban J connectivity index is 1.59. The molecule has 1 fully saturated rings. The summed E-state index contributed by atoms with van der Waals surface area (Å²) in [6.07, 6.45) is 8.72. The lowest BCUT2D eigenvalue weighted by Crippen LogP contribution is -2.32. The van der Waals surface area contributed by atoms with Gasteiger partial charge in [-0.25, -0.2) is 14.4 Å². The number of ether oxygens (including phenoxy) is 2. The number of fused-ring (bicyclic) bond motifs is 1. The van der Waals surface area contributed by atoms with Gasteiger partial charge >= 0.3 is 0 Å². The van der Waals surface area contributed by atoms with Crippen molar-refractivity contribution in [3.63, 3.8) is 0 Å². The highest BCUT2D eigenvalue weighted by Crippen LogP contribution is 2.36. The minimum atomic E-state index is -0.505. The molecule has 0 radical (unpaired) electrons. The van der Waals surface area contributed by atoms with Crippen molar-refractivity contribution in [2.75, 3.05) is 31.3 Å². The van der Waals surface area contributed by atoms with Gasteiger partial charge in [-0.15, -0.1) is 0 Å². The van der Waals surface area contributed by atoms with Crippen LogP contribution in [0.2, 0.25) is 5.02 Å². The molecule has 1 atom stereocenters. The Morgan fingerprint density at radius 1 is 1.30 bits per heavy atom. The molecule has 4 rings (SSSR count). The first-order chi connectivity index (χ1) is 17.9. The number of nitrogens with zero attached hydrogens (tertiary/aromatic N) is 3. The van der Waals surface area contributed by atoms with Gasteiger partial charge in [-0.1, -0.05) is 24.6 Å². The second kappa shape index (κ2) is 12.3. The molecule has 1 heterocycles. The van der Waals surface area contributed by atoms with Crippen LogP contribution in [0.4, 0.5) is 21.6 Å². The average Bonchev–Trinajstić information content (AvgIpc) is 2.85. The van der Waals surface area contributed by atoms with Crippen LogP contribution in [0.25, 0.3) is 10.9 Å². The molecule has 1 saturated carbocycles. The van der Waals surface area contributed by atoms with Crippen molar-refractivity contribution in [2.24, 2.45) is 0 Å². The van der Waals surface area contributed by atoms with Crippen molar-refractivity contribution in [3.8, 4) is 5.75 Å². The Morgan fingerprint density at radius 3 is 2.78 bits per heavy atom. The molecule has 0 bridgehead atoms. The Labute approximate surface area is 220 Å². The molecule has 1 unspecified atom stereocenters. The summed E-state index contributed by atoms with van der Waals surface area (Å²) in [5, 5.41) is 6.76. The number of hydrogen-bond donors (Lipinski definition) is 2. The molecular formula is C27H31ClFN5O3. The number of hydrogen-bond acceptors (Lipinski definition) is 7. The smallest absolute Gasteiger partial charge is 0.248 e. The van der Waals surface area contributed by atoms with Gasteiger partial charge in [0, 0.05) is 36.9 Å². The zero-order chi connectivity index (χ0) is 26.4. The minimum Gasteiger partial charge on any atom is -0.488 e. The van der Waals surface area contributed by atoms with E-state index in [-0.39, 0.29) is 23.3 Å². The second-order valence-electron chi connectivity index (χ2n) is 8.94.